The molecule has 0 spiro atoms. The predicted octanol–water partition coefficient (Wildman–Crippen LogP) is -0.470. The van der Waals surface area contributed by atoms with E-state index in [1.807, 2.05) is 6.92 Å². The smallest absolute Gasteiger partial charge is 0.343 e. The highest BCUT2D eigenvalue weighted by Crippen LogP contribution is 2.39. The Balaban J connectivity index is 8.22. The summed E-state index contributed by atoms with van der Waals surface area (Å²) >= 11 is 0. The maximum atomic E-state index is 15.0. The molecule has 0 saturated heterocycles. The van der Waals surface area contributed by atoms with Crippen molar-refractivity contribution in [2.24, 2.45) is 5.92 Å². The van der Waals surface area contributed by atoms with Crippen LogP contribution >= 0.6 is 0 Å². The van der Waals surface area contributed by atoms with Crippen LogP contribution < -0.4 is 5.32 Å². The number of amides is 2. The highest BCUT2D eigenvalue weighted by Gasteiger charge is 2.67. The van der Waals surface area contributed by atoms with Crippen molar-refractivity contribution in [2.45, 2.75) is 109 Å². The van der Waals surface area contributed by atoms with Crippen LogP contribution in [0.15, 0.2) is 0 Å². The van der Waals surface area contributed by atoms with Crippen LogP contribution in [0.3, 0.4) is 0 Å². The largest absolute Gasteiger partial charge is 0.479 e. The zero-order valence-corrected chi connectivity index (χ0v) is 25.0. The van der Waals surface area contributed by atoms with Crippen LogP contribution in [0.4, 0.5) is 0 Å². The van der Waals surface area contributed by atoms with Crippen molar-refractivity contribution in [1.82, 2.24) is 15.1 Å². The number of carbonyl (C=O) groups is 6. The lowest BCUT2D eigenvalue weighted by Gasteiger charge is -2.51. The number of rotatable bonds is 17. The van der Waals surface area contributed by atoms with Crippen molar-refractivity contribution in [1.29, 1.82) is 0 Å². The summed E-state index contributed by atoms with van der Waals surface area (Å²) in [4.78, 5) is 82.9. The highest BCUT2D eigenvalue weighted by atomic mass is 16.4. The van der Waals surface area contributed by atoms with Gasteiger partial charge in [-0.3, -0.25) is 24.0 Å². The number of aliphatic hydroxyl groups excluding tert-OH is 2. The van der Waals surface area contributed by atoms with Crippen LogP contribution in [-0.4, -0.2) is 121 Å². The van der Waals surface area contributed by atoms with Gasteiger partial charge in [-0.15, -0.1) is 0 Å². The van der Waals surface area contributed by atoms with Gasteiger partial charge < -0.3 is 35.5 Å². The molecule has 2 amide bonds. The molecule has 13 heteroatoms. The Morgan fingerprint density at radius 1 is 0.925 bits per heavy atom. The van der Waals surface area contributed by atoms with E-state index in [-0.39, 0.29) is 12.8 Å². The minimum absolute atomic E-state index is 0.0780. The molecule has 0 heterocycles. The number of aliphatic hydroxyl groups is 3. The number of carboxylic acid groups (broad SMARTS) is 1. The summed E-state index contributed by atoms with van der Waals surface area (Å²) in [6.07, 6.45) is -2.36. The van der Waals surface area contributed by atoms with E-state index in [0.29, 0.717) is 29.6 Å². The molecule has 0 bridgehead atoms. The predicted molar refractivity (Wildman–Crippen MR) is 145 cm³/mol. The number of hydrogen-bond donors (Lipinski definition) is 5. The summed E-state index contributed by atoms with van der Waals surface area (Å²) in [5.41, 5.74) is -8.95. The van der Waals surface area contributed by atoms with Gasteiger partial charge in [0.1, 0.15) is 12.2 Å². The van der Waals surface area contributed by atoms with Crippen LogP contribution in [-0.2, 0) is 28.8 Å². The Kier molecular flexibility index (Phi) is 12.6. The monoisotopic (exact) mass is 574 g/mol. The van der Waals surface area contributed by atoms with E-state index < -0.39 is 83.0 Å². The molecule has 0 aromatic carbocycles. The first-order valence-electron chi connectivity index (χ1n) is 14.0. The van der Waals surface area contributed by atoms with Gasteiger partial charge in [0.05, 0.1) is 6.04 Å². The van der Waals surface area contributed by atoms with Gasteiger partial charge in [-0.25, -0.2) is 4.79 Å². The van der Waals surface area contributed by atoms with E-state index in [0.717, 1.165) is 27.8 Å². The highest BCUT2D eigenvalue weighted by molar-refractivity contribution is 6.30. The molecule has 0 aliphatic carbocycles. The summed E-state index contributed by atoms with van der Waals surface area (Å²) in [6, 6.07) is -1.11. The molecule has 0 aromatic heterocycles. The summed E-state index contributed by atoms with van der Waals surface area (Å²) in [7, 11) is 1.33. The third-order valence-electron chi connectivity index (χ3n) is 7.69. The molecule has 0 aromatic rings. The van der Waals surface area contributed by atoms with E-state index >= 15 is 4.79 Å². The summed E-state index contributed by atoms with van der Waals surface area (Å²) in [5.74, 6) is -9.89. The number of likely N-dealkylation sites (N-methyl/N-ethyl adjacent to an activating group) is 3. The topological polar surface area (TPSA) is 202 Å². The van der Waals surface area contributed by atoms with E-state index in [9.17, 15) is 44.4 Å². The van der Waals surface area contributed by atoms with Crippen molar-refractivity contribution < 1.29 is 50.6 Å². The Bertz CT molecular complexity index is 1000. The zero-order chi connectivity index (χ0) is 32.7. The van der Waals surface area contributed by atoms with Gasteiger partial charge in [0, 0.05) is 15.4 Å². The number of carboxylic acids is 1. The molecular formula is C27H47N3O10. The average Bonchev–Trinajstić information content (AvgIpc) is 2.92. The second-order valence-corrected chi connectivity index (χ2v) is 10.5. The lowest BCUT2D eigenvalue weighted by Crippen LogP contribution is -2.78. The molecular weight excluding hydrogens is 526 g/mol. The van der Waals surface area contributed by atoms with E-state index in [1.54, 1.807) is 0 Å². The SMILES string of the molecule is [2H]CN(C(=O)[C@@H](C)O)[C@](C)(C(=O)[C@H](CCCC)NC)C(=O)[C@@](C(=O)[C@](C)(O)C(=O)O)([C@@H](C)CC)N(C)C(=O)[C@@H](C)O. The number of ketones is 3. The average molecular weight is 575 g/mol. The van der Waals surface area contributed by atoms with Crippen molar-refractivity contribution in [3.63, 3.8) is 0 Å². The third-order valence-corrected chi connectivity index (χ3v) is 7.69. The quantitative estimate of drug-likeness (QED) is 0.141. The molecule has 5 N–H and O–H groups in total. The molecule has 0 rings (SSSR count). The summed E-state index contributed by atoms with van der Waals surface area (Å²) in [6.45, 7) is 8.37. The van der Waals surface area contributed by atoms with Gasteiger partial charge in [0.25, 0.3) is 11.8 Å². The first kappa shape index (κ1) is 35.3. The molecule has 7 atom stereocenters. The van der Waals surface area contributed by atoms with Gasteiger partial charge >= 0.3 is 5.97 Å². The molecule has 0 radical (unpaired) electrons. The number of carbonyl (C=O) groups excluding carboxylic acids is 5. The number of unbranched alkanes of at least 4 members (excludes halogenated alkanes) is 1. The van der Waals surface area contributed by atoms with Gasteiger partial charge in [0.2, 0.25) is 11.4 Å². The third kappa shape index (κ3) is 6.59. The fourth-order valence-corrected chi connectivity index (χ4v) is 4.74. The van der Waals surface area contributed by atoms with Crippen LogP contribution in [0.2, 0.25) is 0 Å². The second-order valence-electron chi connectivity index (χ2n) is 10.5. The van der Waals surface area contributed by atoms with Gasteiger partial charge in [-0.2, -0.15) is 0 Å². The van der Waals surface area contributed by atoms with Crippen LogP contribution in [0.1, 0.15) is 75.5 Å². The Morgan fingerprint density at radius 3 is 1.75 bits per heavy atom. The summed E-state index contributed by atoms with van der Waals surface area (Å²) < 4.78 is 8.10. The van der Waals surface area contributed by atoms with E-state index in [1.165, 1.54) is 20.9 Å². The van der Waals surface area contributed by atoms with Crippen molar-refractivity contribution >= 4 is 35.1 Å². The minimum Gasteiger partial charge on any atom is -0.479 e. The molecule has 230 valence electrons. The van der Waals surface area contributed by atoms with Crippen LogP contribution in [0.25, 0.3) is 0 Å². The van der Waals surface area contributed by atoms with Crippen molar-refractivity contribution in [3.05, 3.63) is 0 Å². The number of aliphatic carboxylic acids is 1. The Labute approximate surface area is 237 Å². The number of hydrogen-bond acceptors (Lipinski definition) is 10. The van der Waals surface area contributed by atoms with Gasteiger partial charge in [-0.05, 0) is 47.1 Å². The van der Waals surface area contributed by atoms with Crippen molar-refractivity contribution in [2.75, 3.05) is 21.1 Å². The maximum Gasteiger partial charge on any atom is 0.343 e. The van der Waals surface area contributed by atoms with Gasteiger partial charge in [0.15, 0.2) is 22.6 Å². The zero-order valence-electron chi connectivity index (χ0n) is 26.0. The Morgan fingerprint density at radius 2 is 1.40 bits per heavy atom. The minimum atomic E-state index is -3.28. The lowest BCUT2D eigenvalue weighted by molar-refractivity contribution is -0.180. The molecule has 0 fully saturated rings. The first-order valence-corrected chi connectivity index (χ1v) is 13.3. The molecule has 0 saturated carbocycles. The second kappa shape index (κ2) is 14.2. The van der Waals surface area contributed by atoms with Crippen LogP contribution in [0.5, 0.6) is 0 Å². The first-order chi connectivity index (χ1) is 18.7. The molecule has 0 unspecified atom stereocenters. The number of nitrogens with one attached hydrogen (secondary N) is 1. The van der Waals surface area contributed by atoms with Gasteiger partial charge in [-0.1, -0.05) is 40.0 Å². The number of nitrogens with zero attached hydrogens (tertiary/aromatic N) is 2. The van der Waals surface area contributed by atoms with Crippen LogP contribution in [0, 0.1) is 5.92 Å². The molecule has 40 heavy (non-hydrogen) atoms. The summed E-state index contributed by atoms with van der Waals surface area (Å²) in [5, 5.41) is 43.7. The van der Waals surface area contributed by atoms with Crippen molar-refractivity contribution in [3.8, 4) is 0 Å². The number of Topliss-reactive ketones (excluding diaryl/α,β-unsaturated/α-hetero) is 3. The Hall–Kier alpha value is -2.74. The fraction of sp³-hybridized carbons (Fsp3) is 0.778. The lowest BCUT2D eigenvalue weighted by atomic mass is 9.64. The molecule has 0 aliphatic heterocycles. The molecule has 0 aliphatic rings. The standard InChI is InChI=1S/C27H47N3O10/c1-11-13-14-18(28-8)19(33)25(6,29(9)20(34)16(4)31)22(36)27(15(3)12-2,30(10)21(35)17(5)32)23(37)26(7,40)24(38)39/h15-18,28,31-32,40H,11-14H2,1-10H3,(H,38,39)/t15-,16+,17+,18-,25+,26-,27+/m0/s1/i9D. The molecule has 13 nitrogen and oxygen atoms in total. The fourth-order valence-electron chi connectivity index (χ4n) is 4.74. The normalized spacial score (nSPS) is 19.4. The van der Waals surface area contributed by atoms with E-state index in [2.05, 4.69) is 5.32 Å². The maximum absolute atomic E-state index is 15.0. The van der Waals surface area contributed by atoms with E-state index in [4.69, 9.17) is 1.37 Å².